The average molecular weight is 363 g/mol. The van der Waals surface area contributed by atoms with Crippen LogP contribution in [0.15, 0.2) is 54.6 Å². The van der Waals surface area contributed by atoms with Crippen molar-refractivity contribution in [2.45, 2.75) is 23.3 Å². The molecule has 0 unspecified atom stereocenters. The van der Waals surface area contributed by atoms with Gasteiger partial charge in [-0.05, 0) is 0 Å². The van der Waals surface area contributed by atoms with Crippen LogP contribution in [-0.2, 0) is 5.21 Å². The molecule has 0 fully saturated rings. The molecule has 0 aliphatic heterocycles. The van der Waals surface area contributed by atoms with E-state index in [0.29, 0.717) is 0 Å². The first-order valence-corrected chi connectivity index (χ1v) is 10.3. The van der Waals surface area contributed by atoms with Crippen molar-refractivity contribution in [1.82, 2.24) is 0 Å². The molecule has 0 heterocycles. The minimum atomic E-state index is 0.0717. The summed E-state index contributed by atoms with van der Waals surface area (Å²) in [5.74, 6) is 0. The first kappa shape index (κ1) is 15.0. The Balaban J connectivity index is 1.85. The number of hydrogen-bond acceptors (Lipinski definition) is 1. The molecule has 0 aromatic heterocycles. The molecule has 3 aromatic carbocycles. The molecule has 2 heteroatoms. The third-order valence-corrected chi connectivity index (χ3v) is 7.84. The van der Waals surface area contributed by atoms with Crippen molar-refractivity contribution in [1.29, 1.82) is 0 Å². The molecule has 0 bridgehead atoms. The summed E-state index contributed by atoms with van der Waals surface area (Å²) in [6, 6.07) is 20.0. The van der Waals surface area contributed by atoms with E-state index in [2.05, 4.69) is 68.4 Å². The zero-order chi connectivity index (χ0) is 16.0. The molecule has 1 aliphatic rings. The summed E-state index contributed by atoms with van der Waals surface area (Å²) in [5, 5.41) is 13.4. The molecule has 1 aliphatic carbocycles. The maximum absolute atomic E-state index is 9.53. The molecule has 0 saturated carbocycles. The van der Waals surface area contributed by atoms with Crippen LogP contribution in [0.5, 0.6) is 0 Å². The Labute approximate surface area is 144 Å². The normalized spacial score (nSPS) is 13.2. The number of hydrogen-bond donors (Lipinski definition) is 1. The standard InChI is InChI=1S/C21H20AsO/c1-21(2,13-23)22-12-14-10-11-19-17-7-4-3-6-16(17)18-9-5-8-15(14)20(18)19/h3-11,23H,12-13H2,1-2H3. The molecule has 1 N–H and O–H groups in total. The molecule has 0 spiro atoms. The van der Waals surface area contributed by atoms with Crippen molar-refractivity contribution in [3.05, 3.63) is 60.2 Å². The van der Waals surface area contributed by atoms with Crippen molar-refractivity contribution < 1.29 is 5.11 Å². The molecule has 0 atom stereocenters. The fourth-order valence-corrected chi connectivity index (χ4v) is 5.40. The van der Waals surface area contributed by atoms with Crippen molar-refractivity contribution >= 4 is 26.5 Å². The van der Waals surface area contributed by atoms with Gasteiger partial charge in [0.1, 0.15) is 0 Å². The second kappa shape index (κ2) is 5.51. The SMILES string of the molecule is CC(C)(CO)[As]Cc1ccc2c3c(cccc13)-c1ccccc1-2. The van der Waals surface area contributed by atoms with Crippen molar-refractivity contribution in [2.24, 2.45) is 0 Å². The summed E-state index contributed by atoms with van der Waals surface area (Å²) in [7, 11) is 0. The van der Waals surface area contributed by atoms with Crippen molar-refractivity contribution in [3.63, 3.8) is 0 Å². The molecule has 1 nitrogen and oxygen atoms in total. The molecule has 115 valence electrons. The van der Waals surface area contributed by atoms with E-state index in [1.807, 2.05) is 0 Å². The van der Waals surface area contributed by atoms with Crippen molar-refractivity contribution in [2.75, 3.05) is 6.61 Å². The summed E-state index contributed by atoms with van der Waals surface area (Å²) in [5.41, 5.74) is 6.88. The molecule has 23 heavy (non-hydrogen) atoms. The van der Waals surface area contributed by atoms with E-state index < -0.39 is 0 Å². The van der Waals surface area contributed by atoms with Gasteiger partial charge in [-0.25, -0.2) is 0 Å². The van der Waals surface area contributed by atoms with Crippen LogP contribution in [-0.4, -0.2) is 27.5 Å². The van der Waals surface area contributed by atoms with E-state index in [9.17, 15) is 5.11 Å². The number of aliphatic hydroxyl groups is 1. The van der Waals surface area contributed by atoms with Crippen LogP contribution in [0.3, 0.4) is 0 Å². The van der Waals surface area contributed by atoms with Gasteiger partial charge in [0.2, 0.25) is 0 Å². The predicted molar refractivity (Wildman–Crippen MR) is 99.0 cm³/mol. The Bertz CT molecular complexity index is 866. The second-order valence-electron chi connectivity index (χ2n) is 6.83. The molecule has 0 saturated heterocycles. The fraction of sp³-hybridized carbons (Fsp3) is 0.238. The van der Waals surface area contributed by atoms with E-state index in [-0.39, 0.29) is 26.6 Å². The van der Waals surface area contributed by atoms with Crippen LogP contribution in [0.2, 0.25) is 4.20 Å². The summed E-state index contributed by atoms with van der Waals surface area (Å²) >= 11 is 0.0755. The Hall–Kier alpha value is -1.56. The molecule has 1 radical (unpaired) electrons. The van der Waals surface area contributed by atoms with Gasteiger partial charge in [0.05, 0.1) is 0 Å². The summed E-state index contributed by atoms with van der Waals surface area (Å²) < 4.78 is 0.0717. The summed E-state index contributed by atoms with van der Waals surface area (Å²) in [6.45, 7) is 4.62. The van der Waals surface area contributed by atoms with Crippen LogP contribution in [0.1, 0.15) is 19.4 Å². The Morgan fingerprint density at radius 3 is 2.17 bits per heavy atom. The molecular formula is C21H20AsO. The van der Waals surface area contributed by atoms with Crippen LogP contribution < -0.4 is 0 Å². The topological polar surface area (TPSA) is 20.2 Å². The van der Waals surface area contributed by atoms with Crippen LogP contribution in [0.4, 0.5) is 0 Å². The van der Waals surface area contributed by atoms with E-state index >= 15 is 0 Å². The minimum absolute atomic E-state index is 0.0717. The van der Waals surface area contributed by atoms with Crippen LogP contribution in [0, 0.1) is 0 Å². The second-order valence-corrected chi connectivity index (χ2v) is 10.7. The van der Waals surface area contributed by atoms with Gasteiger partial charge in [0.25, 0.3) is 0 Å². The van der Waals surface area contributed by atoms with Gasteiger partial charge >= 0.3 is 144 Å². The third-order valence-electron chi connectivity index (χ3n) is 4.70. The first-order valence-electron chi connectivity index (χ1n) is 8.05. The summed E-state index contributed by atoms with van der Waals surface area (Å²) in [4.78, 5) is 0. The number of rotatable bonds is 4. The van der Waals surface area contributed by atoms with Gasteiger partial charge in [-0.15, -0.1) is 0 Å². The van der Waals surface area contributed by atoms with Crippen LogP contribution >= 0.6 is 0 Å². The first-order chi connectivity index (χ1) is 11.1. The quantitative estimate of drug-likeness (QED) is 0.512. The van der Waals surface area contributed by atoms with Gasteiger partial charge in [0, 0.05) is 0 Å². The Kier molecular flexibility index (Phi) is 3.59. The van der Waals surface area contributed by atoms with Gasteiger partial charge in [0.15, 0.2) is 0 Å². The van der Waals surface area contributed by atoms with E-state index in [1.54, 1.807) is 0 Å². The molecular weight excluding hydrogens is 343 g/mol. The molecule has 3 aromatic rings. The zero-order valence-corrected chi connectivity index (χ0v) is 15.4. The Morgan fingerprint density at radius 2 is 1.48 bits per heavy atom. The van der Waals surface area contributed by atoms with Gasteiger partial charge in [-0.3, -0.25) is 0 Å². The van der Waals surface area contributed by atoms with Crippen molar-refractivity contribution in [3.8, 4) is 22.3 Å². The fourth-order valence-electron chi connectivity index (χ4n) is 3.36. The summed E-state index contributed by atoms with van der Waals surface area (Å²) in [6.07, 6.45) is 0. The Morgan fingerprint density at radius 1 is 0.826 bits per heavy atom. The van der Waals surface area contributed by atoms with E-state index in [4.69, 9.17) is 0 Å². The molecule has 4 rings (SSSR count). The third kappa shape index (κ3) is 2.43. The monoisotopic (exact) mass is 363 g/mol. The molecule has 0 amide bonds. The zero-order valence-electron chi connectivity index (χ0n) is 13.5. The van der Waals surface area contributed by atoms with Gasteiger partial charge in [-0.1, -0.05) is 0 Å². The van der Waals surface area contributed by atoms with Gasteiger partial charge in [-0.2, -0.15) is 0 Å². The average Bonchev–Trinajstić information content (AvgIpc) is 2.91. The van der Waals surface area contributed by atoms with Gasteiger partial charge < -0.3 is 0 Å². The van der Waals surface area contributed by atoms with Crippen LogP contribution in [0.25, 0.3) is 33.0 Å². The number of fused-ring (bicyclic) bond motifs is 3. The predicted octanol–water partition coefficient (Wildman–Crippen LogP) is 4.88. The van der Waals surface area contributed by atoms with E-state index in [0.717, 1.165) is 5.21 Å². The van der Waals surface area contributed by atoms with E-state index in [1.165, 1.54) is 38.6 Å². The number of benzene rings is 3. The number of aliphatic hydroxyl groups excluding tert-OH is 1. The maximum atomic E-state index is 9.53.